The number of hydrogen-bond acceptors (Lipinski definition) is 3. The van der Waals surface area contributed by atoms with E-state index in [-0.39, 0.29) is 13.0 Å². The van der Waals surface area contributed by atoms with Gasteiger partial charge in [-0.1, -0.05) is 30.3 Å². The summed E-state index contributed by atoms with van der Waals surface area (Å²) in [5, 5.41) is 8.78. The number of rotatable bonds is 8. The van der Waals surface area contributed by atoms with E-state index in [4.69, 9.17) is 14.6 Å². The summed E-state index contributed by atoms with van der Waals surface area (Å²) in [4.78, 5) is 10.7. The SMILES string of the molecule is O=C(O)Cc1ccc(Oc2ccc(OCC=Cc3ccc(C(F)(F)F)cc3)cc2)cc1. The van der Waals surface area contributed by atoms with Gasteiger partial charge in [-0.15, -0.1) is 0 Å². The molecule has 0 amide bonds. The third-order valence-electron chi connectivity index (χ3n) is 4.23. The molecule has 0 aliphatic heterocycles. The summed E-state index contributed by atoms with van der Waals surface area (Å²) in [5.41, 5.74) is 0.655. The molecule has 0 fully saturated rings. The van der Waals surface area contributed by atoms with Crippen LogP contribution in [0, 0.1) is 0 Å². The fraction of sp³-hybridized carbons (Fsp3) is 0.125. The fourth-order valence-electron chi connectivity index (χ4n) is 2.70. The van der Waals surface area contributed by atoms with E-state index in [1.54, 1.807) is 60.7 Å². The molecule has 3 aromatic carbocycles. The Labute approximate surface area is 177 Å². The summed E-state index contributed by atoms with van der Waals surface area (Å²) >= 11 is 0. The van der Waals surface area contributed by atoms with E-state index in [1.165, 1.54) is 12.1 Å². The highest BCUT2D eigenvalue weighted by Gasteiger charge is 2.29. The monoisotopic (exact) mass is 428 g/mol. The van der Waals surface area contributed by atoms with Crippen LogP contribution >= 0.6 is 0 Å². The molecule has 0 bridgehead atoms. The molecule has 0 aliphatic rings. The van der Waals surface area contributed by atoms with Crippen molar-refractivity contribution in [2.45, 2.75) is 12.6 Å². The molecular formula is C24H19F3O4. The topological polar surface area (TPSA) is 55.8 Å². The molecule has 0 unspecified atom stereocenters. The van der Waals surface area contributed by atoms with Gasteiger partial charge in [0.15, 0.2) is 0 Å². The maximum absolute atomic E-state index is 12.6. The summed E-state index contributed by atoms with van der Waals surface area (Å²) in [6.07, 6.45) is -0.984. The van der Waals surface area contributed by atoms with E-state index >= 15 is 0 Å². The molecule has 1 N–H and O–H groups in total. The second-order valence-corrected chi connectivity index (χ2v) is 6.62. The number of ether oxygens (including phenoxy) is 2. The molecular weight excluding hydrogens is 409 g/mol. The van der Waals surface area contributed by atoms with Gasteiger partial charge < -0.3 is 14.6 Å². The minimum absolute atomic E-state index is 0.0420. The van der Waals surface area contributed by atoms with Gasteiger partial charge in [0.1, 0.15) is 23.9 Å². The van der Waals surface area contributed by atoms with Gasteiger partial charge in [-0.3, -0.25) is 4.79 Å². The highest BCUT2D eigenvalue weighted by Crippen LogP contribution is 2.29. The number of carbonyl (C=O) groups is 1. The summed E-state index contributed by atoms with van der Waals surface area (Å²) in [6, 6.07) is 18.6. The Balaban J connectivity index is 1.48. The van der Waals surface area contributed by atoms with Gasteiger partial charge >= 0.3 is 12.1 Å². The van der Waals surface area contributed by atoms with Crippen LogP contribution in [0.3, 0.4) is 0 Å². The Kier molecular flexibility index (Phi) is 6.97. The lowest BCUT2D eigenvalue weighted by Gasteiger charge is -2.08. The first-order valence-electron chi connectivity index (χ1n) is 9.35. The lowest BCUT2D eigenvalue weighted by molar-refractivity contribution is -0.138. The van der Waals surface area contributed by atoms with Crippen molar-refractivity contribution < 1.29 is 32.5 Å². The number of carboxylic acid groups (broad SMARTS) is 1. The van der Waals surface area contributed by atoms with Crippen LogP contribution in [-0.4, -0.2) is 17.7 Å². The minimum atomic E-state index is -4.34. The van der Waals surface area contributed by atoms with Crippen molar-refractivity contribution in [3.05, 3.63) is 95.6 Å². The Morgan fingerprint density at radius 2 is 1.39 bits per heavy atom. The Morgan fingerprint density at radius 1 is 0.839 bits per heavy atom. The van der Waals surface area contributed by atoms with E-state index in [2.05, 4.69) is 0 Å². The zero-order chi connectivity index (χ0) is 22.3. The molecule has 4 nitrogen and oxygen atoms in total. The second-order valence-electron chi connectivity index (χ2n) is 6.62. The quantitative estimate of drug-likeness (QED) is 0.463. The molecule has 0 saturated carbocycles. The fourth-order valence-corrected chi connectivity index (χ4v) is 2.70. The Hall–Kier alpha value is -3.74. The van der Waals surface area contributed by atoms with Crippen molar-refractivity contribution in [2.24, 2.45) is 0 Å². The second kappa shape index (κ2) is 9.84. The van der Waals surface area contributed by atoms with Crippen LogP contribution in [0.5, 0.6) is 17.2 Å². The number of carboxylic acids is 1. The van der Waals surface area contributed by atoms with Gasteiger partial charge in [0.25, 0.3) is 0 Å². The van der Waals surface area contributed by atoms with Gasteiger partial charge in [-0.05, 0) is 65.7 Å². The van der Waals surface area contributed by atoms with Crippen LogP contribution in [0.25, 0.3) is 6.08 Å². The van der Waals surface area contributed by atoms with Crippen LogP contribution < -0.4 is 9.47 Å². The molecule has 0 radical (unpaired) electrons. The standard InChI is InChI=1S/C24H19F3O4/c25-24(26,27)19-7-3-17(4-8-19)2-1-15-30-20-11-13-22(14-12-20)31-21-9-5-18(6-10-21)16-23(28)29/h1-14H,15-16H2,(H,28,29). The molecule has 160 valence electrons. The molecule has 0 atom stereocenters. The number of aliphatic carboxylic acids is 1. The molecule has 3 aromatic rings. The summed E-state index contributed by atoms with van der Waals surface area (Å²) in [7, 11) is 0. The first-order chi connectivity index (χ1) is 14.8. The number of halogens is 3. The first-order valence-corrected chi connectivity index (χ1v) is 9.35. The van der Waals surface area contributed by atoms with Crippen molar-refractivity contribution in [2.75, 3.05) is 6.61 Å². The summed E-state index contributed by atoms with van der Waals surface area (Å²) < 4.78 is 49.0. The molecule has 7 heteroatoms. The number of alkyl halides is 3. The number of hydrogen-bond donors (Lipinski definition) is 1. The van der Waals surface area contributed by atoms with E-state index in [9.17, 15) is 18.0 Å². The van der Waals surface area contributed by atoms with E-state index in [0.717, 1.165) is 12.1 Å². The van der Waals surface area contributed by atoms with Gasteiger partial charge in [-0.2, -0.15) is 13.2 Å². The minimum Gasteiger partial charge on any atom is -0.490 e. The molecule has 0 aliphatic carbocycles. The Morgan fingerprint density at radius 3 is 1.94 bits per heavy atom. The van der Waals surface area contributed by atoms with Crippen molar-refractivity contribution in [1.82, 2.24) is 0 Å². The molecule has 3 rings (SSSR count). The Bertz CT molecular complexity index is 1020. The molecule has 0 spiro atoms. The zero-order valence-electron chi connectivity index (χ0n) is 16.3. The van der Waals surface area contributed by atoms with Gasteiger partial charge in [0.05, 0.1) is 12.0 Å². The molecule has 31 heavy (non-hydrogen) atoms. The average molecular weight is 428 g/mol. The summed E-state index contributed by atoms with van der Waals surface area (Å²) in [5.74, 6) is 0.903. The smallest absolute Gasteiger partial charge is 0.416 e. The van der Waals surface area contributed by atoms with Crippen LogP contribution in [0.4, 0.5) is 13.2 Å². The van der Waals surface area contributed by atoms with Crippen molar-refractivity contribution in [3.63, 3.8) is 0 Å². The maximum Gasteiger partial charge on any atom is 0.416 e. The zero-order valence-corrected chi connectivity index (χ0v) is 16.3. The van der Waals surface area contributed by atoms with Crippen LogP contribution in [0.2, 0.25) is 0 Å². The predicted molar refractivity (Wildman–Crippen MR) is 110 cm³/mol. The highest BCUT2D eigenvalue weighted by molar-refractivity contribution is 5.70. The van der Waals surface area contributed by atoms with Crippen LogP contribution in [-0.2, 0) is 17.4 Å². The maximum atomic E-state index is 12.6. The lowest BCUT2D eigenvalue weighted by Crippen LogP contribution is -2.03. The van der Waals surface area contributed by atoms with Gasteiger partial charge in [0.2, 0.25) is 0 Å². The number of benzene rings is 3. The van der Waals surface area contributed by atoms with E-state index < -0.39 is 17.7 Å². The molecule has 0 aromatic heterocycles. The molecule has 0 saturated heterocycles. The lowest BCUT2D eigenvalue weighted by atomic mass is 10.1. The van der Waals surface area contributed by atoms with Crippen molar-refractivity contribution >= 4 is 12.0 Å². The third kappa shape index (κ3) is 6.92. The van der Waals surface area contributed by atoms with Gasteiger partial charge in [0, 0.05) is 0 Å². The average Bonchev–Trinajstić information content (AvgIpc) is 2.73. The van der Waals surface area contributed by atoms with Crippen molar-refractivity contribution in [3.8, 4) is 17.2 Å². The predicted octanol–water partition coefficient (Wildman–Crippen LogP) is 6.22. The summed E-state index contributed by atoms with van der Waals surface area (Å²) in [6.45, 7) is 0.256. The van der Waals surface area contributed by atoms with Crippen molar-refractivity contribution in [1.29, 1.82) is 0 Å². The molecule has 0 heterocycles. The van der Waals surface area contributed by atoms with Crippen LogP contribution in [0.1, 0.15) is 16.7 Å². The van der Waals surface area contributed by atoms with E-state index in [0.29, 0.717) is 28.4 Å². The normalized spacial score (nSPS) is 11.5. The largest absolute Gasteiger partial charge is 0.490 e. The van der Waals surface area contributed by atoms with Crippen LogP contribution in [0.15, 0.2) is 78.9 Å². The van der Waals surface area contributed by atoms with E-state index in [1.807, 2.05) is 0 Å². The highest BCUT2D eigenvalue weighted by atomic mass is 19.4. The first kappa shape index (κ1) is 22.0. The van der Waals surface area contributed by atoms with Gasteiger partial charge in [-0.25, -0.2) is 0 Å². The third-order valence-corrected chi connectivity index (χ3v) is 4.23.